The van der Waals surface area contributed by atoms with E-state index >= 15 is 0 Å². The lowest BCUT2D eigenvalue weighted by molar-refractivity contribution is -0.317. The van der Waals surface area contributed by atoms with Gasteiger partial charge in [0.2, 0.25) is 11.3 Å². The van der Waals surface area contributed by atoms with Gasteiger partial charge in [0.25, 0.3) is 0 Å². The van der Waals surface area contributed by atoms with E-state index in [1.807, 2.05) is 11.8 Å². The molecule has 1 saturated heterocycles. The molecule has 1 fully saturated rings. The molecular formula is C17H21F6N3O2. The number of amides is 1. The van der Waals surface area contributed by atoms with Gasteiger partial charge >= 0.3 is 12.4 Å². The van der Waals surface area contributed by atoms with E-state index in [-0.39, 0.29) is 12.7 Å². The fourth-order valence-corrected chi connectivity index (χ4v) is 2.72. The van der Waals surface area contributed by atoms with E-state index in [9.17, 15) is 31.1 Å². The van der Waals surface area contributed by atoms with Gasteiger partial charge < -0.3 is 10.1 Å². The molecule has 0 saturated carbocycles. The first-order valence-electron chi connectivity index (χ1n) is 8.63. The van der Waals surface area contributed by atoms with Crippen LogP contribution in [-0.2, 0) is 22.5 Å². The zero-order valence-corrected chi connectivity index (χ0v) is 15.4. The van der Waals surface area contributed by atoms with Gasteiger partial charge in [0.15, 0.2) is 0 Å². The van der Waals surface area contributed by atoms with Gasteiger partial charge in [0, 0.05) is 25.8 Å². The summed E-state index contributed by atoms with van der Waals surface area (Å²) in [6.45, 7) is 4.45. The Bertz CT molecular complexity index is 685. The Morgan fingerprint density at radius 3 is 2.21 bits per heavy atom. The maximum absolute atomic E-state index is 13.0. The number of carbonyl (C=O) groups is 1. The van der Waals surface area contributed by atoms with Crippen molar-refractivity contribution < 1.29 is 35.9 Å². The fraction of sp³-hybridized carbons (Fsp3) is 0.647. The van der Waals surface area contributed by atoms with Crippen LogP contribution in [0.25, 0.3) is 0 Å². The molecule has 0 aliphatic carbocycles. The van der Waals surface area contributed by atoms with E-state index in [0.717, 1.165) is 5.56 Å². The summed E-state index contributed by atoms with van der Waals surface area (Å²) in [6, 6.07) is 1.32. The van der Waals surface area contributed by atoms with E-state index in [4.69, 9.17) is 4.74 Å². The van der Waals surface area contributed by atoms with Crippen LogP contribution < -0.4 is 5.32 Å². The Kier molecular flexibility index (Phi) is 6.59. The number of carbonyl (C=O) groups excluding carboxylic acids is 1. The summed E-state index contributed by atoms with van der Waals surface area (Å²) in [5, 5.41) is 1.69. The van der Waals surface area contributed by atoms with Crippen molar-refractivity contribution in [2.24, 2.45) is 5.41 Å². The summed E-state index contributed by atoms with van der Waals surface area (Å²) in [7, 11) is 0. The molecule has 11 heteroatoms. The topological polar surface area (TPSA) is 54.5 Å². The van der Waals surface area contributed by atoms with Crippen molar-refractivity contribution in [1.29, 1.82) is 0 Å². The van der Waals surface area contributed by atoms with Crippen LogP contribution in [0.4, 0.5) is 32.2 Å². The fourth-order valence-electron chi connectivity index (χ4n) is 2.72. The maximum atomic E-state index is 13.0. The highest BCUT2D eigenvalue weighted by molar-refractivity contribution is 5.95. The van der Waals surface area contributed by atoms with Crippen LogP contribution in [0.5, 0.6) is 0 Å². The molecule has 0 radical (unpaired) electrons. The van der Waals surface area contributed by atoms with Gasteiger partial charge in [-0.3, -0.25) is 9.69 Å². The van der Waals surface area contributed by atoms with Gasteiger partial charge in [0.1, 0.15) is 5.82 Å². The average molecular weight is 413 g/mol. The van der Waals surface area contributed by atoms with Gasteiger partial charge in [-0.05, 0) is 30.5 Å². The van der Waals surface area contributed by atoms with Crippen molar-refractivity contribution in [1.82, 2.24) is 9.88 Å². The van der Waals surface area contributed by atoms with E-state index in [2.05, 4.69) is 4.98 Å². The smallest absolute Gasteiger partial charge is 0.379 e. The first-order valence-corrected chi connectivity index (χ1v) is 8.63. The van der Waals surface area contributed by atoms with Crippen molar-refractivity contribution in [3.05, 3.63) is 23.4 Å². The number of halogens is 6. The first kappa shape index (κ1) is 22.4. The number of pyridine rings is 1. The van der Waals surface area contributed by atoms with Gasteiger partial charge in [0.05, 0.1) is 13.2 Å². The zero-order chi connectivity index (χ0) is 21.2. The Morgan fingerprint density at radius 1 is 1.14 bits per heavy atom. The highest BCUT2D eigenvalue weighted by Crippen LogP contribution is 2.50. The number of ether oxygens (including phenoxy) is 1. The third-order valence-corrected chi connectivity index (χ3v) is 4.79. The quantitative estimate of drug-likeness (QED) is 0.751. The molecule has 1 aliphatic heterocycles. The number of anilines is 1. The van der Waals surface area contributed by atoms with Crippen LogP contribution in [0.15, 0.2) is 12.3 Å². The predicted molar refractivity (Wildman–Crippen MR) is 88.6 cm³/mol. The minimum atomic E-state index is -5.81. The summed E-state index contributed by atoms with van der Waals surface area (Å²) in [4.78, 5) is 17.8. The van der Waals surface area contributed by atoms with Crippen LogP contribution >= 0.6 is 0 Å². The molecule has 2 rings (SSSR count). The van der Waals surface area contributed by atoms with Crippen LogP contribution in [0.3, 0.4) is 0 Å². The number of nitrogens with one attached hydrogen (secondary N) is 1. The monoisotopic (exact) mass is 413 g/mol. The number of nitrogens with zero attached hydrogens (tertiary/aromatic N) is 2. The normalized spacial score (nSPS) is 16.9. The Balaban J connectivity index is 2.27. The highest BCUT2D eigenvalue weighted by atomic mass is 19.4. The van der Waals surface area contributed by atoms with Gasteiger partial charge in [-0.15, -0.1) is 0 Å². The first-order chi connectivity index (χ1) is 12.9. The highest BCUT2D eigenvalue weighted by Gasteiger charge is 2.72. The van der Waals surface area contributed by atoms with Crippen LogP contribution in [0.1, 0.15) is 25.0 Å². The third kappa shape index (κ3) is 4.57. The molecule has 1 aromatic heterocycles. The SMILES string of the molecule is CCc1cnc(NC(=O)C(C)(C(F)(F)F)C(F)(F)F)cc1CN1CCOCC1. The number of rotatable bonds is 5. The van der Waals surface area contributed by atoms with Crippen molar-refractivity contribution in [2.45, 2.75) is 39.2 Å². The molecule has 1 N–H and O–H groups in total. The molecule has 1 aromatic rings. The predicted octanol–water partition coefficient (Wildman–Crippen LogP) is 3.55. The molecule has 0 unspecified atom stereocenters. The molecule has 0 aromatic carbocycles. The average Bonchev–Trinajstić information content (AvgIpc) is 2.60. The van der Waals surface area contributed by atoms with Crippen LogP contribution in [0, 0.1) is 5.41 Å². The molecule has 2 heterocycles. The lowest BCUT2D eigenvalue weighted by atomic mass is 9.87. The van der Waals surface area contributed by atoms with Crippen molar-refractivity contribution in [3.8, 4) is 0 Å². The molecule has 28 heavy (non-hydrogen) atoms. The van der Waals surface area contributed by atoms with Gasteiger partial charge in [-0.2, -0.15) is 26.3 Å². The summed E-state index contributed by atoms with van der Waals surface area (Å²) in [5.41, 5.74) is -3.08. The van der Waals surface area contributed by atoms with E-state index in [1.54, 1.807) is 5.32 Å². The number of aromatic nitrogens is 1. The molecule has 1 aliphatic rings. The summed E-state index contributed by atoms with van der Waals surface area (Å²) < 4.78 is 83.5. The lowest BCUT2D eigenvalue weighted by Crippen LogP contribution is -2.55. The van der Waals surface area contributed by atoms with Crippen LogP contribution in [-0.4, -0.2) is 54.4 Å². The number of hydrogen-bond donors (Lipinski definition) is 1. The zero-order valence-electron chi connectivity index (χ0n) is 15.4. The van der Waals surface area contributed by atoms with Crippen LogP contribution in [0.2, 0.25) is 0 Å². The molecule has 158 valence electrons. The van der Waals surface area contributed by atoms with Crippen molar-refractivity contribution >= 4 is 11.7 Å². The summed E-state index contributed by atoms with van der Waals surface area (Å²) in [5.74, 6) is -2.58. The summed E-state index contributed by atoms with van der Waals surface area (Å²) in [6.07, 6.45) is -9.70. The molecule has 0 bridgehead atoms. The Hall–Kier alpha value is -1.88. The Labute approximate surface area is 158 Å². The standard InChI is InChI=1S/C17H21F6N3O2/c1-3-11-9-24-13(8-12(11)10-26-4-6-28-7-5-26)25-14(27)15(2,16(18,19)20)17(21,22)23/h8-9H,3-7,10H2,1-2H3,(H,24,25,27). The second-order valence-corrected chi connectivity index (χ2v) is 6.65. The van der Waals surface area contributed by atoms with E-state index in [0.29, 0.717) is 44.8 Å². The number of hydrogen-bond acceptors (Lipinski definition) is 4. The largest absolute Gasteiger partial charge is 0.411 e. The minimum Gasteiger partial charge on any atom is -0.379 e. The Morgan fingerprint density at radius 2 is 1.71 bits per heavy atom. The number of aryl methyl sites for hydroxylation is 1. The molecule has 5 nitrogen and oxygen atoms in total. The second-order valence-electron chi connectivity index (χ2n) is 6.65. The molecule has 0 atom stereocenters. The van der Waals surface area contributed by atoms with Gasteiger partial charge in [-0.1, -0.05) is 6.92 Å². The number of alkyl halides is 6. The molecule has 0 spiro atoms. The summed E-state index contributed by atoms with van der Waals surface area (Å²) >= 11 is 0. The molecule has 1 amide bonds. The number of morpholine rings is 1. The third-order valence-electron chi connectivity index (χ3n) is 4.79. The van der Waals surface area contributed by atoms with Gasteiger partial charge in [-0.25, -0.2) is 4.98 Å². The minimum absolute atomic E-state index is 0.183. The van der Waals surface area contributed by atoms with Crippen molar-refractivity contribution in [2.75, 3.05) is 31.6 Å². The van der Waals surface area contributed by atoms with E-state index < -0.39 is 23.7 Å². The second kappa shape index (κ2) is 8.24. The maximum Gasteiger partial charge on any atom is 0.411 e. The molecular weight excluding hydrogens is 392 g/mol. The van der Waals surface area contributed by atoms with Crippen molar-refractivity contribution in [3.63, 3.8) is 0 Å². The lowest BCUT2D eigenvalue weighted by Gasteiger charge is -2.32. The van der Waals surface area contributed by atoms with E-state index in [1.165, 1.54) is 12.3 Å².